The fourth-order valence-electron chi connectivity index (χ4n) is 7.96. The molecular weight excluding hydrogens is 798 g/mol. The van der Waals surface area contributed by atoms with E-state index in [0.29, 0.717) is 31.9 Å². The molecule has 0 radical (unpaired) electrons. The van der Waals surface area contributed by atoms with Gasteiger partial charge in [-0.05, 0) is 65.2 Å². The average Bonchev–Trinajstić information content (AvgIpc) is 3.85. The summed E-state index contributed by atoms with van der Waals surface area (Å²) in [5.41, 5.74) is 2.80. The van der Waals surface area contributed by atoms with Crippen LogP contribution in [-0.2, 0) is 26.3 Å². The quantitative estimate of drug-likeness (QED) is 0.143. The minimum Gasteiger partial charge on any atom is -0.495 e. The van der Waals surface area contributed by atoms with Crippen molar-refractivity contribution in [3.05, 3.63) is 95.3 Å². The van der Waals surface area contributed by atoms with Crippen LogP contribution in [-0.4, -0.2) is 113 Å². The van der Waals surface area contributed by atoms with Gasteiger partial charge < -0.3 is 24.6 Å². The van der Waals surface area contributed by atoms with Gasteiger partial charge in [-0.25, -0.2) is 4.98 Å². The number of carbonyl (C=O) groups is 2. The average molecular weight is 853 g/mol. The molecule has 16 heteroatoms. The number of fused-ring (bicyclic) bond motifs is 3. The summed E-state index contributed by atoms with van der Waals surface area (Å²) in [6.45, 7) is 9.68. The van der Waals surface area contributed by atoms with E-state index < -0.39 is 42.2 Å². The van der Waals surface area contributed by atoms with Crippen molar-refractivity contribution in [2.45, 2.75) is 89.2 Å². The SMILES string of the molecule is CC1(C)N[C@H]2c3ccccc3OC[C@H]2O1.COc1cncc(-c2nc(C(C)(C)N3CCN(C[C@@H](O)C[C@@H](Cc4ccccc4)C(C)=O)[C@H](C(=O)NCC(F)(F)F)C3)cs2)c1. The molecule has 5 heterocycles. The number of para-hydroxylation sites is 1. The molecule has 4 aromatic rings. The highest BCUT2D eigenvalue weighted by Gasteiger charge is 2.44. The van der Waals surface area contributed by atoms with Crippen molar-refractivity contribution in [1.29, 1.82) is 0 Å². The van der Waals surface area contributed by atoms with Crippen molar-refractivity contribution in [2.75, 3.05) is 46.4 Å². The van der Waals surface area contributed by atoms with Crippen LogP contribution in [0.5, 0.6) is 11.5 Å². The second-order valence-corrected chi connectivity index (χ2v) is 17.4. The number of thiazole rings is 1. The van der Waals surface area contributed by atoms with E-state index in [1.54, 1.807) is 24.4 Å². The lowest BCUT2D eigenvalue weighted by atomic mass is 9.90. The molecular formula is C44H55F3N6O6S. The molecule has 0 saturated carbocycles. The third-order valence-corrected chi connectivity index (χ3v) is 12.1. The second kappa shape index (κ2) is 19.1. The number of hydrogen-bond donors (Lipinski definition) is 3. The Morgan fingerprint density at radius 2 is 1.83 bits per heavy atom. The summed E-state index contributed by atoms with van der Waals surface area (Å²) in [6.07, 6.45) is -1.45. The van der Waals surface area contributed by atoms with Crippen LogP contribution >= 0.6 is 11.3 Å². The first-order valence-electron chi connectivity index (χ1n) is 20.1. The molecule has 324 valence electrons. The zero-order chi connectivity index (χ0) is 43.2. The lowest BCUT2D eigenvalue weighted by Gasteiger charge is -2.47. The second-order valence-electron chi connectivity index (χ2n) is 16.5. The Hall–Kier alpha value is -4.45. The van der Waals surface area contributed by atoms with Crippen LogP contribution in [0.3, 0.4) is 0 Å². The normalized spacial score (nSPS) is 21.3. The van der Waals surface area contributed by atoms with Crippen molar-refractivity contribution in [2.24, 2.45) is 5.92 Å². The Balaban J connectivity index is 0.000000332. The van der Waals surface area contributed by atoms with Gasteiger partial charge in [-0.2, -0.15) is 13.2 Å². The van der Waals surface area contributed by atoms with Crippen LogP contribution in [0.4, 0.5) is 13.2 Å². The number of Topliss-reactive ketones (excluding diaryl/α,β-unsaturated/α-hetero) is 1. The molecule has 2 fully saturated rings. The maximum Gasteiger partial charge on any atom is 0.405 e. The Labute approximate surface area is 353 Å². The topological polar surface area (TPSA) is 138 Å². The summed E-state index contributed by atoms with van der Waals surface area (Å²) in [4.78, 5) is 38.4. The van der Waals surface area contributed by atoms with E-state index in [-0.39, 0.29) is 43.2 Å². The van der Waals surface area contributed by atoms with E-state index >= 15 is 0 Å². The number of halogens is 3. The smallest absolute Gasteiger partial charge is 0.405 e. The number of carbonyl (C=O) groups excluding carboxylic acids is 2. The zero-order valence-corrected chi connectivity index (χ0v) is 35.7. The highest BCUT2D eigenvalue weighted by Crippen LogP contribution is 2.40. The predicted molar refractivity (Wildman–Crippen MR) is 223 cm³/mol. The standard InChI is InChI=1S/C32H40F3N5O4S.C12H15NO2/c1-21(41)23(12-22-8-6-5-7-9-22)13-25(42)17-39-10-11-40(18-27(39)29(43)37-20-32(33,34)35)31(2,3)28-19-45-30(38-28)24-14-26(44-4)16-36-15-24;1-12(2)13-11-8-5-3-4-6-9(8)14-7-10(11)15-12/h5-9,14-16,19,23,25,27,42H,10-13,17-18,20H2,1-4H3,(H,37,43);3-6,10-11,13H,7H2,1-2H3/t23-,25+,27+;10-,11+/m11/s1. The number of amides is 1. The maximum atomic E-state index is 13.2. The molecule has 12 nitrogen and oxygen atoms in total. The van der Waals surface area contributed by atoms with E-state index in [2.05, 4.69) is 16.4 Å². The Morgan fingerprint density at radius 1 is 1.10 bits per heavy atom. The first-order chi connectivity index (χ1) is 28.4. The van der Waals surface area contributed by atoms with Gasteiger partial charge in [-0.15, -0.1) is 11.3 Å². The van der Waals surface area contributed by atoms with Crippen LogP contribution in [0.1, 0.15) is 63.9 Å². The van der Waals surface area contributed by atoms with Crippen molar-refractivity contribution in [3.63, 3.8) is 0 Å². The number of hydrogen-bond acceptors (Lipinski definition) is 12. The van der Waals surface area contributed by atoms with Crippen molar-refractivity contribution in [3.8, 4) is 22.1 Å². The van der Waals surface area contributed by atoms with Gasteiger partial charge in [0.25, 0.3) is 0 Å². The summed E-state index contributed by atoms with van der Waals surface area (Å²) in [6, 6.07) is 18.8. The Kier molecular flexibility index (Phi) is 14.3. The Bertz CT molecular complexity index is 2070. The molecule has 3 aliphatic rings. The van der Waals surface area contributed by atoms with Gasteiger partial charge in [0.1, 0.15) is 53.3 Å². The van der Waals surface area contributed by atoms with E-state index in [9.17, 15) is 27.9 Å². The minimum atomic E-state index is -4.56. The van der Waals surface area contributed by atoms with Crippen molar-refractivity contribution < 1.29 is 42.1 Å². The lowest BCUT2D eigenvalue weighted by molar-refractivity contribution is -0.144. The van der Waals surface area contributed by atoms with Gasteiger partial charge in [-0.1, -0.05) is 48.5 Å². The summed E-state index contributed by atoms with van der Waals surface area (Å²) >= 11 is 1.44. The number of aromatic nitrogens is 2. The number of nitrogens with one attached hydrogen (secondary N) is 2. The van der Waals surface area contributed by atoms with Crippen molar-refractivity contribution >= 4 is 23.0 Å². The summed E-state index contributed by atoms with van der Waals surface area (Å²) in [7, 11) is 1.56. The molecule has 1 amide bonds. The van der Waals surface area contributed by atoms with Crippen molar-refractivity contribution in [1.82, 2.24) is 30.4 Å². The largest absolute Gasteiger partial charge is 0.495 e. The number of nitrogens with zero attached hydrogens (tertiary/aromatic N) is 4. The molecule has 2 aromatic carbocycles. The molecule has 2 aromatic heterocycles. The fraction of sp³-hybridized carbons (Fsp3) is 0.500. The summed E-state index contributed by atoms with van der Waals surface area (Å²) in [5, 5.41) is 19.3. The van der Waals surface area contributed by atoms with Crippen LogP contribution in [0.2, 0.25) is 0 Å². The van der Waals surface area contributed by atoms with Crippen LogP contribution in [0.25, 0.3) is 10.6 Å². The fourth-order valence-corrected chi connectivity index (χ4v) is 8.92. The summed E-state index contributed by atoms with van der Waals surface area (Å²) in [5.74, 6) is 0.320. The molecule has 7 rings (SSSR count). The molecule has 3 aliphatic heterocycles. The van der Waals surface area contributed by atoms with E-state index in [4.69, 9.17) is 19.2 Å². The first kappa shape index (κ1) is 45.1. The molecule has 5 atom stereocenters. The Morgan fingerprint density at radius 3 is 2.55 bits per heavy atom. The number of methoxy groups -OCH3 is 1. The third kappa shape index (κ3) is 11.5. The van der Waals surface area contributed by atoms with Gasteiger partial charge in [-0.3, -0.25) is 29.7 Å². The first-order valence-corrected chi connectivity index (χ1v) is 21.0. The number of rotatable bonds is 13. The van der Waals surface area contributed by atoms with Gasteiger partial charge in [0.05, 0.1) is 36.7 Å². The molecule has 0 spiro atoms. The molecule has 0 bridgehead atoms. The lowest BCUT2D eigenvalue weighted by Crippen LogP contribution is -2.63. The molecule has 0 unspecified atom stereocenters. The van der Waals surface area contributed by atoms with Gasteiger partial charge in [0.2, 0.25) is 5.91 Å². The van der Waals surface area contributed by atoms with Gasteiger partial charge in [0.15, 0.2) is 0 Å². The molecule has 0 aliphatic carbocycles. The number of aliphatic hydroxyl groups is 1. The van der Waals surface area contributed by atoms with Gasteiger partial charge >= 0.3 is 6.18 Å². The predicted octanol–water partition coefficient (Wildman–Crippen LogP) is 6.16. The molecule has 60 heavy (non-hydrogen) atoms. The van der Waals surface area contributed by atoms with E-state index in [0.717, 1.165) is 27.6 Å². The number of ketones is 1. The molecule has 2 saturated heterocycles. The van der Waals surface area contributed by atoms with Crippen LogP contribution < -0.4 is 20.1 Å². The van der Waals surface area contributed by atoms with Crippen LogP contribution in [0.15, 0.2) is 78.4 Å². The summed E-state index contributed by atoms with van der Waals surface area (Å²) < 4.78 is 55.9. The number of β-amino-alcohol motifs (C(OH)–C–C–N with tert-alkyl or cyclic N) is 1. The number of aliphatic hydroxyl groups excluding tert-OH is 1. The maximum absolute atomic E-state index is 13.2. The van der Waals surface area contributed by atoms with E-state index in [1.165, 1.54) is 23.8 Å². The monoisotopic (exact) mass is 852 g/mol. The zero-order valence-electron chi connectivity index (χ0n) is 34.9. The number of ether oxygens (including phenoxy) is 3. The highest BCUT2D eigenvalue weighted by atomic mass is 32.1. The van der Waals surface area contributed by atoms with Gasteiger partial charge in [0, 0.05) is 54.8 Å². The van der Waals surface area contributed by atoms with Crippen LogP contribution in [0, 0.1) is 5.92 Å². The number of alkyl halides is 3. The highest BCUT2D eigenvalue weighted by molar-refractivity contribution is 7.13. The number of piperazine rings is 1. The number of benzene rings is 2. The minimum absolute atomic E-state index is 0.0423. The molecule has 3 N–H and O–H groups in total. The van der Waals surface area contributed by atoms with E-state index in [1.807, 2.05) is 97.9 Å². The third-order valence-electron chi connectivity index (χ3n) is 11.3. The number of pyridine rings is 1.